The maximum absolute atomic E-state index is 10.5. The van der Waals surface area contributed by atoms with Gasteiger partial charge in [-0.2, -0.15) is 0 Å². The van der Waals surface area contributed by atoms with E-state index in [2.05, 4.69) is 65.6 Å². The molecule has 1 fully saturated rings. The molecule has 0 spiro atoms. The molecule has 0 aromatic heterocycles. The van der Waals surface area contributed by atoms with Gasteiger partial charge in [0, 0.05) is 19.6 Å². The number of carboxylic acids is 1. The summed E-state index contributed by atoms with van der Waals surface area (Å²) in [7, 11) is 0. The molecule has 1 aliphatic heterocycles. The Kier molecular flexibility index (Phi) is 7.26. The predicted octanol–water partition coefficient (Wildman–Crippen LogP) is 4.59. The molecule has 0 unspecified atom stereocenters. The number of fused-ring (bicyclic) bond motifs is 2. The highest BCUT2D eigenvalue weighted by Gasteiger charge is 2.22. The molecular weight excluding hydrogens is 386 g/mol. The van der Waals surface area contributed by atoms with E-state index in [1.807, 2.05) is 0 Å². The number of hydrogen-bond acceptors (Lipinski definition) is 3. The maximum Gasteiger partial charge on any atom is 0.329 e. The molecule has 2 aromatic carbocycles. The number of hydrogen-bond donors (Lipinski definition) is 1. The van der Waals surface area contributed by atoms with Crippen molar-refractivity contribution in [3.8, 4) is 0 Å². The molecule has 5 heteroatoms. The van der Waals surface area contributed by atoms with Crippen LogP contribution in [0.4, 0.5) is 0 Å². The van der Waals surface area contributed by atoms with Gasteiger partial charge >= 0.3 is 5.97 Å². The van der Waals surface area contributed by atoms with Crippen molar-refractivity contribution in [3.05, 3.63) is 76.4 Å². The monoisotopic (exact) mass is 411 g/mol. The van der Waals surface area contributed by atoms with Crippen molar-refractivity contribution in [2.24, 2.45) is 0 Å². The number of aliphatic carboxylic acids is 1. The average molecular weight is 412 g/mol. The second kappa shape index (κ2) is 9.88. The quantitative estimate of drug-likeness (QED) is 0.624. The molecule has 0 saturated carbocycles. The van der Waals surface area contributed by atoms with Crippen LogP contribution < -0.4 is 0 Å². The lowest BCUT2D eigenvalue weighted by atomic mass is 9.86. The van der Waals surface area contributed by atoms with Gasteiger partial charge in [0.2, 0.25) is 0 Å². The Bertz CT molecular complexity index is 874. The average Bonchev–Trinajstić information content (AvgIpc) is 2.89. The zero-order valence-electron chi connectivity index (χ0n) is 16.3. The second-order valence-electron chi connectivity index (χ2n) is 7.27. The highest BCUT2D eigenvalue weighted by atomic mass is 35.5. The Morgan fingerprint density at radius 2 is 1.48 bits per heavy atom. The first kappa shape index (κ1) is 21.3. The minimum absolute atomic E-state index is 0. The molecule has 0 radical (unpaired) electrons. The molecule has 1 aliphatic carbocycles. The molecule has 1 saturated heterocycles. The van der Waals surface area contributed by atoms with Crippen LogP contribution >= 0.6 is 12.4 Å². The first-order chi connectivity index (χ1) is 13.7. The van der Waals surface area contributed by atoms with Crippen LogP contribution in [-0.2, 0) is 9.53 Å². The topological polar surface area (TPSA) is 49.8 Å². The molecular formula is C24H26ClNO3. The van der Waals surface area contributed by atoms with Crippen molar-refractivity contribution in [2.75, 3.05) is 32.8 Å². The number of nitrogens with zero attached hydrogens (tertiary/aromatic N) is 1. The lowest BCUT2D eigenvalue weighted by Gasteiger charge is -2.30. The van der Waals surface area contributed by atoms with Crippen molar-refractivity contribution in [1.29, 1.82) is 0 Å². The zero-order chi connectivity index (χ0) is 19.3. The summed E-state index contributed by atoms with van der Waals surface area (Å²) >= 11 is 0. The summed E-state index contributed by atoms with van der Waals surface area (Å²) in [4.78, 5) is 12.9. The third-order valence-corrected chi connectivity index (χ3v) is 5.49. The van der Waals surface area contributed by atoms with Gasteiger partial charge in [0.05, 0.1) is 6.61 Å². The number of ether oxygens (including phenoxy) is 1. The molecule has 2 aromatic rings. The van der Waals surface area contributed by atoms with Gasteiger partial charge in [-0.15, -0.1) is 12.4 Å². The standard InChI is InChI=1S/C24H25NO3.ClH/c26-23(27)17-28-16-15-25-13-11-20(12-14-25)24-21-7-3-1-5-18(21)9-10-19-6-2-4-8-22(19)24;/h1-10H,11-17H2,(H,26,27);1H. The Hall–Kier alpha value is -2.40. The first-order valence-corrected chi connectivity index (χ1v) is 9.83. The minimum Gasteiger partial charge on any atom is -0.480 e. The highest BCUT2D eigenvalue weighted by molar-refractivity contribution is 5.94. The van der Waals surface area contributed by atoms with Crippen LogP contribution in [0.3, 0.4) is 0 Å². The van der Waals surface area contributed by atoms with E-state index < -0.39 is 5.97 Å². The van der Waals surface area contributed by atoms with E-state index in [4.69, 9.17) is 9.84 Å². The van der Waals surface area contributed by atoms with Gasteiger partial charge in [-0.05, 0) is 40.7 Å². The molecule has 4 nitrogen and oxygen atoms in total. The van der Waals surface area contributed by atoms with Gasteiger partial charge in [0.1, 0.15) is 6.61 Å². The van der Waals surface area contributed by atoms with Crippen LogP contribution in [0, 0.1) is 0 Å². The van der Waals surface area contributed by atoms with Gasteiger partial charge in [-0.3, -0.25) is 0 Å². The smallest absolute Gasteiger partial charge is 0.329 e. The van der Waals surface area contributed by atoms with E-state index in [1.54, 1.807) is 0 Å². The third kappa shape index (κ3) is 4.96. The fourth-order valence-corrected chi connectivity index (χ4v) is 4.10. The Balaban J connectivity index is 0.00000240. The van der Waals surface area contributed by atoms with Gasteiger partial charge < -0.3 is 14.7 Å². The van der Waals surface area contributed by atoms with Crippen LogP contribution in [0.1, 0.15) is 35.1 Å². The van der Waals surface area contributed by atoms with Gasteiger partial charge in [-0.1, -0.05) is 66.3 Å². The number of halogens is 1. The Morgan fingerprint density at radius 1 is 0.931 bits per heavy atom. The number of rotatable bonds is 5. The van der Waals surface area contributed by atoms with Crippen molar-refractivity contribution in [3.63, 3.8) is 0 Å². The van der Waals surface area contributed by atoms with Gasteiger partial charge in [0.15, 0.2) is 0 Å². The van der Waals surface area contributed by atoms with E-state index in [0.29, 0.717) is 6.61 Å². The molecule has 4 rings (SSSR count). The molecule has 2 aliphatic rings. The number of carbonyl (C=O) groups is 1. The van der Waals surface area contributed by atoms with E-state index in [9.17, 15) is 4.79 Å². The van der Waals surface area contributed by atoms with Gasteiger partial charge in [-0.25, -0.2) is 4.79 Å². The van der Waals surface area contributed by atoms with Crippen molar-refractivity contribution < 1.29 is 14.6 Å². The Labute approximate surface area is 177 Å². The summed E-state index contributed by atoms with van der Waals surface area (Å²) < 4.78 is 5.19. The number of carboxylic acid groups (broad SMARTS) is 1. The normalized spacial score (nSPS) is 15.9. The molecule has 0 bridgehead atoms. The second-order valence-corrected chi connectivity index (χ2v) is 7.27. The lowest BCUT2D eigenvalue weighted by Crippen LogP contribution is -2.34. The lowest BCUT2D eigenvalue weighted by molar-refractivity contribution is -0.142. The van der Waals surface area contributed by atoms with Crippen molar-refractivity contribution in [2.45, 2.75) is 12.8 Å². The summed E-state index contributed by atoms with van der Waals surface area (Å²) in [6, 6.07) is 17.3. The van der Waals surface area contributed by atoms with E-state index >= 15 is 0 Å². The highest BCUT2D eigenvalue weighted by Crippen LogP contribution is 2.38. The van der Waals surface area contributed by atoms with Crippen LogP contribution in [0.2, 0.25) is 0 Å². The Morgan fingerprint density at radius 3 is 2.03 bits per heavy atom. The molecule has 1 heterocycles. The van der Waals surface area contributed by atoms with Crippen LogP contribution in [0.5, 0.6) is 0 Å². The first-order valence-electron chi connectivity index (χ1n) is 9.83. The molecule has 0 atom stereocenters. The summed E-state index contributed by atoms with van der Waals surface area (Å²) in [5.41, 5.74) is 8.06. The van der Waals surface area contributed by atoms with E-state index in [1.165, 1.54) is 33.4 Å². The molecule has 152 valence electrons. The van der Waals surface area contributed by atoms with Crippen molar-refractivity contribution >= 4 is 36.1 Å². The van der Waals surface area contributed by atoms with Crippen molar-refractivity contribution in [1.82, 2.24) is 4.90 Å². The molecule has 1 N–H and O–H groups in total. The minimum atomic E-state index is -0.912. The number of piperidine rings is 1. The summed E-state index contributed by atoms with van der Waals surface area (Å²) in [5, 5.41) is 8.66. The summed E-state index contributed by atoms with van der Waals surface area (Å²) in [6.07, 6.45) is 6.49. The number of benzene rings is 2. The number of likely N-dealkylation sites (tertiary alicyclic amines) is 1. The van der Waals surface area contributed by atoms with Crippen LogP contribution in [-0.4, -0.2) is 48.8 Å². The van der Waals surface area contributed by atoms with Gasteiger partial charge in [0.25, 0.3) is 0 Å². The third-order valence-electron chi connectivity index (χ3n) is 5.49. The van der Waals surface area contributed by atoms with E-state index in [0.717, 1.165) is 32.5 Å². The molecule has 0 amide bonds. The fourth-order valence-electron chi connectivity index (χ4n) is 4.10. The summed E-state index contributed by atoms with van der Waals surface area (Å²) in [5.74, 6) is -0.912. The van der Waals surface area contributed by atoms with Crippen LogP contribution in [0.25, 0.3) is 17.7 Å². The maximum atomic E-state index is 10.5. The SMILES string of the molecule is Cl.O=C(O)COCCN1CCC(=C2c3ccccc3C=Cc3ccccc32)CC1. The largest absolute Gasteiger partial charge is 0.480 e. The fraction of sp³-hybridized carbons (Fsp3) is 0.292. The zero-order valence-corrected chi connectivity index (χ0v) is 17.2. The van der Waals surface area contributed by atoms with E-state index in [-0.39, 0.29) is 19.0 Å². The molecule has 29 heavy (non-hydrogen) atoms. The predicted molar refractivity (Wildman–Crippen MR) is 119 cm³/mol. The van der Waals surface area contributed by atoms with Crippen LogP contribution in [0.15, 0.2) is 54.1 Å². The summed E-state index contributed by atoms with van der Waals surface area (Å²) in [6.45, 7) is 2.99.